The highest BCUT2D eigenvalue weighted by Gasteiger charge is 2.51. The molecule has 0 spiro atoms. The van der Waals surface area contributed by atoms with Crippen molar-refractivity contribution in [1.82, 2.24) is 10.2 Å². The number of aliphatic carboxylic acids is 1. The smallest absolute Gasteiger partial charge is 0.308 e. The Labute approximate surface area is 120 Å². The molecule has 2 aliphatic rings. The van der Waals surface area contributed by atoms with Gasteiger partial charge in [-0.3, -0.25) is 14.5 Å². The van der Waals surface area contributed by atoms with Crippen molar-refractivity contribution in [3.05, 3.63) is 0 Å². The molecule has 1 amide bonds. The van der Waals surface area contributed by atoms with Crippen molar-refractivity contribution in [1.29, 1.82) is 0 Å². The van der Waals surface area contributed by atoms with Gasteiger partial charge in [-0.25, -0.2) is 0 Å². The molecule has 2 aliphatic heterocycles. The fourth-order valence-electron chi connectivity index (χ4n) is 3.90. The topological polar surface area (TPSA) is 69.6 Å². The normalized spacial score (nSPS) is 32.0. The molecule has 20 heavy (non-hydrogen) atoms. The number of rotatable bonds is 6. The van der Waals surface area contributed by atoms with Crippen LogP contribution >= 0.6 is 0 Å². The van der Waals surface area contributed by atoms with Gasteiger partial charge < -0.3 is 10.4 Å². The Kier molecular flexibility index (Phi) is 4.68. The summed E-state index contributed by atoms with van der Waals surface area (Å²) in [6, 6.07) is 0.268. The first-order valence-electron chi connectivity index (χ1n) is 7.76. The average Bonchev–Trinajstić information content (AvgIpc) is 2.95. The molecule has 114 valence electrons. The van der Waals surface area contributed by atoms with E-state index in [-0.39, 0.29) is 36.0 Å². The molecular weight excluding hydrogens is 256 g/mol. The fraction of sp³-hybridized carbons (Fsp3) is 0.867. The molecule has 2 heterocycles. The molecule has 5 unspecified atom stereocenters. The predicted molar refractivity (Wildman–Crippen MR) is 76.4 cm³/mol. The van der Waals surface area contributed by atoms with Gasteiger partial charge in [0.1, 0.15) is 0 Å². The van der Waals surface area contributed by atoms with Gasteiger partial charge in [-0.1, -0.05) is 13.3 Å². The van der Waals surface area contributed by atoms with E-state index < -0.39 is 5.97 Å². The lowest BCUT2D eigenvalue weighted by Crippen LogP contribution is -2.50. The van der Waals surface area contributed by atoms with Gasteiger partial charge in [-0.2, -0.15) is 0 Å². The summed E-state index contributed by atoms with van der Waals surface area (Å²) in [6.45, 7) is 6.03. The Morgan fingerprint density at radius 2 is 2.05 bits per heavy atom. The summed E-state index contributed by atoms with van der Waals surface area (Å²) in [5.74, 6) is -0.972. The highest BCUT2D eigenvalue weighted by Crippen LogP contribution is 2.43. The van der Waals surface area contributed by atoms with Crippen LogP contribution in [0.1, 0.15) is 52.9 Å². The van der Waals surface area contributed by atoms with Crippen LogP contribution in [0.15, 0.2) is 0 Å². The van der Waals surface area contributed by atoms with E-state index in [0.29, 0.717) is 6.42 Å². The maximum absolute atomic E-state index is 12.3. The minimum atomic E-state index is -0.714. The van der Waals surface area contributed by atoms with Crippen molar-refractivity contribution in [2.75, 3.05) is 0 Å². The number of carboxylic acids is 1. The molecular formula is C15H26N2O3. The van der Waals surface area contributed by atoms with E-state index >= 15 is 0 Å². The van der Waals surface area contributed by atoms with Crippen LogP contribution in [0.5, 0.6) is 0 Å². The summed E-state index contributed by atoms with van der Waals surface area (Å²) in [4.78, 5) is 25.7. The van der Waals surface area contributed by atoms with Gasteiger partial charge >= 0.3 is 5.97 Å². The van der Waals surface area contributed by atoms with Crippen molar-refractivity contribution < 1.29 is 14.7 Å². The van der Waals surface area contributed by atoms with Crippen LogP contribution < -0.4 is 5.32 Å². The lowest BCUT2D eigenvalue weighted by Gasteiger charge is -2.29. The Hall–Kier alpha value is -1.10. The van der Waals surface area contributed by atoms with E-state index in [1.165, 1.54) is 0 Å². The Morgan fingerprint density at radius 1 is 1.35 bits per heavy atom. The van der Waals surface area contributed by atoms with Crippen molar-refractivity contribution in [2.24, 2.45) is 5.92 Å². The molecule has 2 saturated heterocycles. The third-order valence-corrected chi connectivity index (χ3v) is 4.84. The maximum Gasteiger partial charge on any atom is 0.308 e. The van der Waals surface area contributed by atoms with E-state index in [0.717, 1.165) is 25.7 Å². The minimum Gasteiger partial charge on any atom is -0.481 e. The molecule has 5 nitrogen and oxygen atoms in total. The van der Waals surface area contributed by atoms with Crippen molar-refractivity contribution in [3.8, 4) is 0 Å². The van der Waals surface area contributed by atoms with Gasteiger partial charge in [0, 0.05) is 18.1 Å². The predicted octanol–water partition coefficient (Wildman–Crippen LogP) is 1.62. The lowest BCUT2D eigenvalue weighted by atomic mass is 9.89. The molecule has 2 N–H and O–H groups in total. The van der Waals surface area contributed by atoms with E-state index in [2.05, 4.69) is 17.1 Å². The third-order valence-electron chi connectivity index (χ3n) is 4.84. The van der Waals surface area contributed by atoms with E-state index in [1.54, 1.807) is 0 Å². The first-order valence-corrected chi connectivity index (χ1v) is 7.76. The minimum absolute atomic E-state index is 0.0360. The summed E-state index contributed by atoms with van der Waals surface area (Å²) < 4.78 is 0. The fourth-order valence-corrected chi connectivity index (χ4v) is 3.90. The summed E-state index contributed by atoms with van der Waals surface area (Å²) in [7, 11) is 0. The Balaban J connectivity index is 1.97. The Morgan fingerprint density at radius 3 is 2.60 bits per heavy atom. The number of nitrogens with zero attached hydrogens (tertiary/aromatic N) is 1. The molecule has 0 saturated carbocycles. The van der Waals surface area contributed by atoms with Gasteiger partial charge in [0.15, 0.2) is 0 Å². The van der Waals surface area contributed by atoms with Crippen LogP contribution in [-0.2, 0) is 9.59 Å². The van der Waals surface area contributed by atoms with Crippen molar-refractivity contribution >= 4 is 11.9 Å². The molecule has 0 radical (unpaired) electrons. The zero-order valence-electron chi connectivity index (χ0n) is 12.6. The van der Waals surface area contributed by atoms with Crippen LogP contribution in [0.4, 0.5) is 0 Å². The standard InChI is InChI=1S/C15H26N2O3/c1-4-5-9(2)16-14(18)10(3)17-11-6-7-13(17)12(8-11)15(19)20/h9-13H,4-8H2,1-3H3,(H,16,18)(H,19,20). The zero-order chi connectivity index (χ0) is 14.9. The number of hydrogen-bond acceptors (Lipinski definition) is 3. The number of nitrogens with one attached hydrogen (secondary N) is 1. The highest BCUT2D eigenvalue weighted by atomic mass is 16.4. The lowest BCUT2D eigenvalue weighted by molar-refractivity contribution is -0.143. The number of fused-ring (bicyclic) bond motifs is 2. The summed E-state index contributed by atoms with van der Waals surface area (Å²) in [5, 5.41) is 12.3. The Bertz CT molecular complexity index is 385. The molecule has 5 heteroatoms. The van der Waals surface area contributed by atoms with E-state index in [1.807, 2.05) is 13.8 Å². The van der Waals surface area contributed by atoms with Crippen LogP contribution in [0, 0.1) is 5.92 Å². The van der Waals surface area contributed by atoms with Gasteiger partial charge in [-0.15, -0.1) is 0 Å². The van der Waals surface area contributed by atoms with Gasteiger partial charge in [0.25, 0.3) is 0 Å². The first-order chi connectivity index (χ1) is 9.45. The molecule has 2 fully saturated rings. The van der Waals surface area contributed by atoms with E-state index in [4.69, 9.17) is 0 Å². The summed E-state index contributed by atoms with van der Waals surface area (Å²) in [6.07, 6.45) is 4.65. The second-order valence-corrected chi connectivity index (χ2v) is 6.30. The number of carboxylic acid groups (broad SMARTS) is 1. The number of carbonyl (C=O) groups excluding carboxylic acids is 1. The average molecular weight is 282 g/mol. The zero-order valence-corrected chi connectivity index (χ0v) is 12.6. The number of hydrogen-bond donors (Lipinski definition) is 2. The largest absolute Gasteiger partial charge is 0.481 e. The molecule has 0 aromatic rings. The van der Waals surface area contributed by atoms with Gasteiger partial charge in [0.2, 0.25) is 5.91 Å². The monoisotopic (exact) mass is 282 g/mol. The van der Waals surface area contributed by atoms with Gasteiger partial charge in [-0.05, 0) is 39.5 Å². The first kappa shape index (κ1) is 15.3. The van der Waals surface area contributed by atoms with Gasteiger partial charge in [0.05, 0.1) is 12.0 Å². The maximum atomic E-state index is 12.3. The van der Waals surface area contributed by atoms with Crippen LogP contribution in [-0.4, -0.2) is 46.1 Å². The van der Waals surface area contributed by atoms with Crippen LogP contribution in [0.25, 0.3) is 0 Å². The highest BCUT2D eigenvalue weighted by molar-refractivity contribution is 5.82. The summed E-state index contributed by atoms with van der Waals surface area (Å²) in [5.41, 5.74) is 0. The molecule has 0 aromatic heterocycles. The van der Waals surface area contributed by atoms with Crippen LogP contribution in [0.3, 0.4) is 0 Å². The second kappa shape index (κ2) is 6.12. The quantitative estimate of drug-likeness (QED) is 0.776. The van der Waals surface area contributed by atoms with Crippen molar-refractivity contribution in [3.63, 3.8) is 0 Å². The molecule has 2 rings (SSSR count). The molecule has 5 atom stereocenters. The van der Waals surface area contributed by atoms with E-state index in [9.17, 15) is 14.7 Å². The second-order valence-electron chi connectivity index (χ2n) is 6.30. The SMILES string of the molecule is CCCC(C)NC(=O)C(C)N1C2CCC1C(C(=O)O)C2. The number of carbonyl (C=O) groups is 2. The number of amides is 1. The third kappa shape index (κ3) is 2.82. The molecule has 2 bridgehead atoms. The van der Waals surface area contributed by atoms with Crippen molar-refractivity contribution in [2.45, 2.75) is 77.0 Å². The van der Waals surface area contributed by atoms with Crippen LogP contribution in [0.2, 0.25) is 0 Å². The molecule has 0 aromatic carbocycles. The molecule has 0 aliphatic carbocycles. The summed E-state index contributed by atoms with van der Waals surface area (Å²) >= 11 is 0.